The Labute approximate surface area is 92.6 Å². The Hall–Kier alpha value is -0.570. The molecule has 88 valence electrons. The first-order valence-electron chi connectivity index (χ1n) is 5.66. The van der Waals surface area contributed by atoms with Gasteiger partial charge < -0.3 is 10.1 Å². The van der Waals surface area contributed by atoms with Gasteiger partial charge in [-0.1, -0.05) is 13.8 Å². The van der Waals surface area contributed by atoms with Crippen LogP contribution in [0.25, 0.3) is 0 Å². The van der Waals surface area contributed by atoms with Crippen LogP contribution < -0.4 is 5.32 Å². The molecule has 0 aromatic carbocycles. The minimum Gasteiger partial charge on any atom is -0.358 e. The van der Waals surface area contributed by atoms with Crippen LogP contribution in [0.2, 0.25) is 0 Å². The Kier molecular flexibility index (Phi) is 3.15. The fraction of sp³-hybridized carbons (Fsp3) is 0.917. The molecule has 1 N–H and O–H groups in total. The van der Waals surface area contributed by atoms with Crippen molar-refractivity contribution >= 4 is 5.91 Å². The molecular formula is C12H23NO2. The van der Waals surface area contributed by atoms with E-state index in [1.807, 2.05) is 27.7 Å². The molecule has 1 fully saturated rings. The molecular weight excluding hydrogens is 190 g/mol. The molecule has 0 aromatic rings. The van der Waals surface area contributed by atoms with Crippen LogP contribution in [0.4, 0.5) is 0 Å². The maximum absolute atomic E-state index is 11.8. The summed E-state index contributed by atoms with van der Waals surface area (Å²) in [6.45, 7) is 12.0. The molecule has 1 atom stereocenters. The monoisotopic (exact) mass is 213 g/mol. The molecule has 1 aliphatic rings. The van der Waals surface area contributed by atoms with Crippen molar-refractivity contribution in [2.75, 3.05) is 0 Å². The molecule has 1 saturated heterocycles. The lowest BCUT2D eigenvalue weighted by molar-refractivity contribution is -0.188. The molecule has 3 heteroatoms. The molecule has 1 aliphatic heterocycles. The van der Waals surface area contributed by atoms with E-state index in [0.29, 0.717) is 5.92 Å². The number of morpholine rings is 1. The highest BCUT2D eigenvalue weighted by molar-refractivity contribution is 5.85. The van der Waals surface area contributed by atoms with Crippen molar-refractivity contribution < 1.29 is 9.53 Å². The molecule has 1 unspecified atom stereocenters. The second-order valence-corrected chi connectivity index (χ2v) is 5.87. The van der Waals surface area contributed by atoms with Crippen molar-refractivity contribution in [1.82, 2.24) is 5.32 Å². The Morgan fingerprint density at radius 3 is 2.33 bits per heavy atom. The predicted molar refractivity (Wildman–Crippen MR) is 60.6 cm³/mol. The van der Waals surface area contributed by atoms with Gasteiger partial charge in [-0.3, -0.25) is 4.79 Å². The Morgan fingerprint density at radius 1 is 1.33 bits per heavy atom. The van der Waals surface area contributed by atoms with Crippen LogP contribution in [0.5, 0.6) is 0 Å². The minimum atomic E-state index is -0.711. The zero-order chi connectivity index (χ0) is 11.9. The first-order valence-corrected chi connectivity index (χ1v) is 5.66. The van der Waals surface area contributed by atoms with E-state index in [4.69, 9.17) is 4.74 Å². The fourth-order valence-electron chi connectivity index (χ4n) is 2.10. The Balaban J connectivity index is 2.80. The summed E-state index contributed by atoms with van der Waals surface area (Å²) < 4.78 is 5.87. The molecule has 1 heterocycles. The third-order valence-corrected chi connectivity index (χ3v) is 2.92. The molecule has 1 rings (SSSR count). The molecule has 0 aliphatic carbocycles. The summed E-state index contributed by atoms with van der Waals surface area (Å²) in [5, 5.41) is 3.06. The zero-order valence-corrected chi connectivity index (χ0v) is 10.7. The van der Waals surface area contributed by atoms with Gasteiger partial charge in [0, 0.05) is 0 Å². The van der Waals surface area contributed by atoms with Gasteiger partial charge >= 0.3 is 0 Å². The lowest BCUT2D eigenvalue weighted by Gasteiger charge is -2.46. The first-order chi connectivity index (χ1) is 6.65. The van der Waals surface area contributed by atoms with Gasteiger partial charge in [-0.2, -0.15) is 0 Å². The van der Waals surface area contributed by atoms with Crippen LogP contribution in [-0.4, -0.2) is 23.2 Å². The zero-order valence-electron chi connectivity index (χ0n) is 10.7. The number of amides is 1. The average Bonchev–Trinajstić information content (AvgIpc) is 1.97. The lowest BCUT2D eigenvalue weighted by atomic mass is 9.86. The van der Waals surface area contributed by atoms with E-state index in [-0.39, 0.29) is 17.6 Å². The van der Waals surface area contributed by atoms with E-state index < -0.39 is 5.60 Å². The van der Waals surface area contributed by atoms with E-state index >= 15 is 0 Å². The highest BCUT2D eigenvalue weighted by Gasteiger charge is 2.46. The summed E-state index contributed by atoms with van der Waals surface area (Å²) >= 11 is 0. The third kappa shape index (κ3) is 2.71. The van der Waals surface area contributed by atoms with Gasteiger partial charge in [0.05, 0.1) is 11.6 Å². The Morgan fingerprint density at radius 2 is 1.87 bits per heavy atom. The summed E-state index contributed by atoms with van der Waals surface area (Å²) in [6, 6.07) is 0.109. The van der Waals surface area contributed by atoms with Gasteiger partial charge in [-0.15, -0.1) is 0 Å². The quantitative estimate of drug-likeness (QED) is 0.763. The van der Waals surface area contributed by atoms with Crippen LogP contribution >= 0.6 is 0 Å². The fourth-order valence-corrected chi connectivity index (χ4v) is 2.10. The summed E-state index contributed by atoms with van der Waals surface area (Å²) in [7, 11) is 0. The van der Waals surface area contributed by atoms with E-state index in [9.17, 15) is 4.79 Å². The van der Waals surface area contributed by atoms with Gasteiger partial charge in [0.25, 0.3) is 5.91 Å². The summed E-state index contributed by atoms with van der Waals surface area (Å²) in [5.74, 6) is 0.548. The number of hydrogen-bond donors (Lipinski definition) is 1. The number of rotatable bonds is 2. The summed E-state index contributed by atoms with van der Waals surface area (Å²) in [6.07, 6.45) is 0.953. The van der Waals surface area contributed by atoms with Crippen molar-refractivity contribution in [1.29, 1.82) is 0 Å². The lowest BCUT2D eigenvalue weighted by Crippen LogP contribution is -2.65. The van der Waals surface area contributed by atoms with E-state index in [0.717, 1.165) is 6.42 Å². The average molecular weight is 213 g/mol. The van der Waals surface area contributed by atoms with Gasteiger partial charge in [0.15, 0.2) is 0 Å². The largest absolute Gasteiger partial charge is 0.358 e. The van der Waals surface area contributed by atoms with Crippen molar-refractivity contribution in [3.05, 3.63) is 0 Å². The van der Waals surface area contributed by atoms with E-state index in [1.54, 1.807) is 0 Å². The molecule has 0 spiro atoms. The SMILES string of the molecule is CC(C)CC1NC(=O)C(C)(C)OC1(C)C. The first kappa shape index (κ1) is 12.5. The smallest absolute Gasteiger partial charge is 0.252 e. The maximum atomic E-state index is 11.8. The molecule has 1 amide bonds. The molecule has 3 nitrogen and oxygen atoms in total. The molecule has 0 saturated carbocycles. The number of carbonyl (C=O) groups excluding carboxylic acids is 1. The predicted octanol–water partition coefficient (Wildman–Crippen LogP) is 2.10. The van der Waals surface area contributed by atoms with Crippen molar-refractivity contribution in [3.63, 3.8) is 0 Å². The van der Waals surface area contributed by atoms with Crippen LogP contribution in [0, 0.1) is 5.92 Å². The van der Waals surface area contributed by atoms with Crippen LogP contribution in [0.1, 0.15) is 48.0 Å². The molecule has 0 radical (unpaired) electrons. The van der Waals surface area contributed by atoms with Gasteiger partial charge in [0.1, 0.15) is 5.60 Å². The van der Waals surface area contributed by atoms with Crippen molar-refractivity contribution in [3.8, 4) is 0 Å². The maximum Gasteiger partial charge on any atom is 0.252 e. The Bertz CT molecular complexity index is 256. The van der Waals surface area contributed by atoms with Gasteiger partial charge in [0.2, 0.25) is 0 Å². The van der Waals surface area contributed by atoms with E-state index in [2.05, 4.69) is 19.2 Å². The highest BCUT2D eigenvalue weighted by Crippen LogP contribution is 2.31. The summed E-state index contributed by atoms with van der Waals surface area (Å²) in [5.41, 5.74) is -1.00. The van der Waals surface area contributed by atoms with Gasteiger partial charge in [-0.05, 0) is 40.0 Å². The molecule has 0 aromatic heterocycles. The number of hydrogen-bond acceptors (Lipinski definition) is 2. The normalized spacial score (nSPS) is 29.0. The van der Waals surface area contributed by atoms with Gasteiger partial charge in [-0.25, -0.2) is 0 Å². The van der Waals surface area contributed by atoms with Crippen molar-refractivity contribution in [2.45, 2.75) is 65.2 Å². The standard InChI is InChI=1S/C12H23NO2/c1-8(2)7-9-11(3,4)15-12(5,6)10(14)13-9/h8-9H,7H2,1-6H3,(H,13,14). The second kappa shape index (κ2) is 3.78. The minimum absolute atomic E-state index is 0.00697. The second-order valence-electron chi connectivity index (χ2n) is 5.87. The number of ether oxygens (including phenoxy) is 1. The molecule has 0 bridgehead atoms. The molecule has 15 heavy (non-hydrogen) atoms. The number of nitrogens with one attached hydrogen (secondary N) is 1. The van der Waals surface area contributed by atoms with Crippen LogP contribution in [-0.2, 0) is 9.53 Å². The van der Waals surface area contributed by atoms with Crippen molar-refractivity contribution in [2.24, 2.45) is 5.92 Å². The topological polar surface area (TPSA) is 38.3 Å². The highest BCUT2D eigenvalue weighted by atomic mass is 16.5. The van der Waals surface area contributed by atoms with E-state index in [1.165, 1.54) is 0 Å². The summed E-state index contributed by atoms with van der Waals surface area (Å²) in [4.78, 5) is 11.8. The van der Waals surface area contributed by atoms with Crippen LogP contribution in [0.3, 0.4) is 0 Å². The van der Waals surface area contributed by atoms with Crippen LogP contribution in [0.15, 0.2) is 0 Å². The number of carbonyl (C=O) groups is 1. The third-order valence-electron chi connectivity index (χ3n) is 2.92.